The summed E-state index contributed by atoms with van der Waals surface area (Å²) in [5, 5.41) is 11.8. The van der Waals surface area contributed by atoms with Crippen LogP contribution in [0, 0.1) is 0 Å². The Morgan fingerprint density at radius 3 is 3.31 bits per heavy atom. The molecule has 0 aliphatic carbocycles. The summed E-state index contributed by atoms with van der Waals surface area (Å²) in [4.78, 5) is 14.9. The minimum atomic E-state index is -0.861. The third-order valence-electron chi connectivity index (χ3n) is 2.32. The van der Waals surface area contributed by atoms with E-state index in [1.54, 1.807) is 6.33 Å². The van der Waals surface area contributed by atoms with E-state index in [4.69, 9.17) is 5.11 Å². The first kappa shape index (κ1) is 8.25. The zero-order valence-corrected chi connectivity index (χ0v) is 7.32. The number of hydrogen-bond acceptors (Lipinski definition) is 3. The van der Waals surface area contributed by atoms with E-state index < -0.39 is 12.0 Å². The number of aliphatic carboxylic acids is 1. The van der Waals surface area contributed by atoms with Crippen molar-refractivity contribution in [1.82, 2.24) is 14.9 Å². The molecule has 1 aliphatic rings. The second kappa shape index (κ2) is 2.85. The summed E-state index contributed by atoms with van der Waals surface area (Å²) in [6.45, 7) is 0.698. The second-order valence-electron chi connectivity index (χ2n) is 3.16. The van der Waals surface area contributed by atoms with Crippen LogP contribution in [0.15, 0.2) is 6.33 Å². The molecule has 2 N–H and O–H groups in total. The molecule has 0 aromatic carbocycles. The average molecular weight is 181 g/mol. The van der Waals surface area contributed by atoms with Crippen molar-refractivity contribution < 1.29 is 9.90 Å². The van der Waals surface area contributed by atoms with Crippen LogP contribution in [-0.2, 0) is 18.3 Å². The summed E-state index contributed by atoms with van der Waals surface area (Å²) in [6.07, 6.45) is 2.50. The van der Waals surface area contributed by atoms with Crippen molar-refractivity contribution in [3.8, 4) is 0 Å². The fourth-order valence-corrected chi connectivity index (χ4v) is 1.66. The molecular weight excluding hydrogens is 170 g/mol. The molecule has 0 amide bonds. The van der Waals surface area contributed by atoms with E-state index in [2.05, 4.69) is 10.3 Å². The molecule has 0 fully saturated rings. The molecule has 0 spiro atoms. The molecule has 1 atom stereocenters. The lowest BCUT2D eigenvalue weighted by Crippen LogP contribution is -2.35. The van der Waals surface area contributed by atoms with Crippen LogP contribution in [0.5, 0.6) is 0 Å². The van der Waals surface area contributed by atoms with Crippen LogP contribution in [-0.4, -0.2) is 27.2 Å². The summed E-state index contributed by atoms with van der Waals surface area (Å²) < 4.78 is 1.88. The van der Waals surface area contributed by atoms with E-state index in [1.807, 2.05) is 11.6 Å². The molecule has 0 radical (unpaired) electrons. The van der Waals surface area contributed by atoms with E-state index in [-0.39, 0.29) is 0 Å². The van der Waals surface area contributed by atoms with E-state index in [9.17, 15) is 4.79 Å². The highest BCUT2D eigenvalue weighted by Crippen LogP contribution is 2.20. The molecule has 0 bridgehead atoms. The summed E-state index contributed by atoms with van der Waals surface area (Å²) >= 11 is 0. The van der Waals surface area contributed by atoms with Crippen molar-refractivity contribution in [3.63, 3.8) is 0 Å². The predicted molar refractivity (Wildman–Crippen MR) is 45.3 cm³/mol. The van der Waals surface area contributed by atoms with Gasteiger partial charge in [-0.25, -0.2) is 4.98 Å². The van der Waals surface area contributed by atoms with Gasteiger partial charge in [0.05, 0.1) is 12.0 Å². The van der Waals surface area contributed by atoms with Gasteiger partial charge < -0.3 is 9.67 Å². The maximum Gasteiger partial charge on any atom is 0.327 e. The third kappa shape index (κ3) is 1.21. The summed E-state index contributed by atoms with van der Waals surface area (Å²) in [5.74, 6) is -0.861. The number of nitrogens with zero attached hydrogens (tertiary/aromatic N) is 2. The topological polar surface area (TPSA) is 67.2 Å². The minimum Gasteiger partial charge on any atom is -0.480 e. The van der Waals surface area contributed by atoms with Crippen LogP contribution in [0.25, 0.3) is 0 Å². The zero-order chi connectivity index (χ0) is 9.42. The molecule has 1 unspecified atom stereocenters. The Labute approximate surface area is 75.4 Å². The van der Waals surface area contributed by atoms with Gasteiger partial charge in [-0.3, -0.25) is 10.1 Å². The predicted octanol–water partition coefficient (Wildman–Crippen LogP) is -0.309. The van der Waals surface area contributed by atoms with Crippen molar-refractivity contribution in [2.24, 2.45) is 7.05 Å². The van der Waals surface area contributed by atoms with Crippen LogP contribution in [0.2, 0.25) is 0 Å². The van der Waals surface area contributed by atoms with Gasteiger partial charge >= 0.3 is 5.97 Å². The molecule has 70 valence electrons. The van der Waals surface area contributed by atoms with Gasteiger partial charge in [0.25, 0.3) is 0 Å². The lowest BCUT2D eigenvalue weighted by atomic mass is 10.1. The molecule has 5 nitrogen and oxygen atoms in total. The van der Waals surface area contributed by atoms with E-state index in [1.165, 1.54) is 0 Å². The van der Waals surface area contributed by atoms with Gasteiger partial charge in [0.15, 0.2) is 6.04 Å². The molecule has 1 aromatic rings. The monoisotopic (exact) mass is 181 g/mol. The van der Waals surface area contributed by atoms with Crippen molar-refractivity contribution in [2.75, 3.05) is 6.54 Å². The van der Waals surface area contributed by atoms with Gasteiger partial charge in [0.1, 0.15) is 0 Å². The molecule has 1 aromatic heterocycles. The van der Waals surface area contributed by atoms with Crippen LogP contribution >= 0.6 is 0 Å². The highest BCUT2D eigenvalue weighted by atomic mass is 16.4. The van der Waals surface area contributed by atoms with Crippen molar-refractivity contribution >= 4 is 5.97 Å². The maximum absolute atomic E-state index is 10.8. The van der Waals surface area contributed by atoms with Gasteiger partial charge in [0.2, 0.25) is 0 Å². The number of imidazole rings is 1. The van der Waals surface area contributed by atoms with Crippen LogP contribution < -0.4 is 5.32 Å². The molecule has 1 aliphatic heterocycles. The van der Waals surface area contributed by atoms with Crippen molar-refractivity contribution in [2.45, 2.75) is 12.5 Å². The number of carboxylic acids is 1. The third-order valence-corrected chi connectivity index (χ3v) is 2.32. The van der Waals surface area contributed by atoms with E-state index >= 15 is 0 Å². The highest BCUT2D eigenvalue weighted by molar-refractivity contribution is 5.75. The summed E-state index contributed by atoms with van der Waals surface area (Å²) in [5.41, 5.74) is 1.67. The number of carbonyl (C=O) groups is 1. The Morgan fingerprint density at radius 1 is 1.85 bits per heavy atom. The molecule has 0 saturated carbocycles. The highest BCUT2D eigenvalue weighted by Gasteiger charge is 2.28. The number of aryl methyl sites for hydroxylation is 1. The standard InChI is InChI=1S/C8H11N3O2/c1-11-4-10-6-5(11)2-3-9-7(6)8(12)13/h4,7,9H,2-3H2,1H3,(H,12,13). The molecule has 2 rings (SSSR count). The number of hydrogen-bond donors (Lipinski definition) is 2. The first-order valence-electron chi connectivity index (χ1n) is 4.16. The SMILES string of the molecule is Cn1cnc2c1CCNC2C(=O)O. The van der Waals surface area contributed by atoms with Gasteiger partial charge in [-0.1, -0.05) is 0 Å². The lowest BCUT2D eigenvalue weighted by Gasteiger charge is -2.19. The normalized spacial score (nSPS) is 21.2. The van der Waals surface area contributed by atoms with Gasteiger partial charge in [-0.05, 0) is 0 Å². The van der Waals surface area contributed by atoms with Gasteiger partial charge in [0, 0.05) is 25.7 Å². The average Bonchev–Trinajstić information content (AvgIpc) is 2.48. The Morgan fingerprint density at radius 2 is 2.62 bits per heavy atom. The molecular formula is C8H11N3O2. The Balaban J connectivity index is 2.43. The second-order valence-corrected chi connectivity index (χ2v) is 3.16. The molecule has 13 heavy (non-hydrogen) atoms. The van der Waals surface area contributed by atoms with E-state index in [0.717, 1.165) is 12.1 Å². The zero-order valence-electron chi connectivity index (χ0n) is 7.32. The minimum absolute atomic E-state index is 0.634. The number of carboxylic acid groups (broad SMARTS) is 1. The quantitative estimate of drug-likeness (QED) is 0.623. The Hall–Kier alpha value is -1.36. The fraction of sp³-hybridized carbons (Fsp3) is 0.500. The first-order chi connectivity index (χ1) is 6.20. The number of nitrogens with one attached hydrogen (secondary N) is 1. The number of rotatable bonds is 1. The Kier molecular flexibility index (Phi) is 1.81. The molecule has 2 heterocycles. The van der Waals surface area contributed by atoms with Gasteiger partial charge in [-0.15, -0.1) is 0 Å². The Bertz CT molecular complexity index is 345. The first-order valence-corrected chi connectivity index (χ1v) is 4.16. The lowest BCUT2D eigenvalue weighted by molar-refractivity contribution is -0.139. The van der Waals surface area contributed by atoms with Crippen LogP contribution in [0.3, 0.4) is 0 Å². The molecule has 0 saturated heterocycles. The summed E-state index contributed by atoms with van der Waals surface area (Å²) in [6, 6.07) is -0.634. The smallest absolute Gasteiger partial charge is 0.327 e. The summed E-state index contributed by atoms with van der Waals surface area (Å²) in [7, 11) is 1.88. The largest absolute Gasteiger partial charge is 0.480 e. The van der Waals surface area contributed by atoms with Crippen molar-refractivity contribution in [3.05, 3.63) is 17.7 Å². The van der Waals surface area contributed by atoms with E-state index in [0.29, 0.717) is 12.2 Å². The fourth-order valence-electron chi connectivity index (χ4n) is 1.66. The maximum atomic E-state index is 10.8. The van der Waals surface area contributed by atoms with Crippen molar-refractivity contribution in [1.29, 1.82) is 0 Å². The van der Waals surface area contributed by atoms with Crippen LogP contribution in [0.1, 0.15) is 17.4 Å². The number of aromatic nitrogens is 2. The van der Waals surface area contributed by atoms with Crippen LogP contribution in [0.4, 0.5) is 0 Å². The van der Waals surface area contributed by atoms with Gasteiger partial charge in [-0.2, -0.15) is 0 Å². The molecule has 5 heteroatoms. The number of fused-ring (bicyclic) bond motifs is 1.